The Morgan fingerprint density at radius 1 is 0.475 bits per heavy atom. The maximum absolute atomic E-state index is 13.7. The molecule has 280 valence electrons. The third kappa shape index (κ3) is 7.77. The molecule has 0 spiro atoms. The van der Waals surface area contributed by atoms with Gasteiger partial charge in [-0.2, -0.15) is 0 Å². The monoisotopic (exact) mass is 768 g/mol. The minimum absolute atomic E-state index is 0.0409. The zero-order valence-corrected chi connectivity index (χ0v) is 30.7. The van der Waals surface area contributed by atoms with Crippen molar-refractivity contribution in [3.05, 3.63) is 142 Å². The molecule has 6 N–H and O–H groups in total. The molecule has 0 unspecified atom stereocenters. The molecule has 0 aromatic heterocycles. The fraction of sp³-hybridized carbons (Fsp3) is 0. The number of amides is 2. The van der Waals surface area contributed by atoms with Gasteiger partial charge in [0.05, 0.1) is 33.6 Å². The number of rotatable bonds is 8. The topological polar surface area (TPSA) is 148 Å². The number of anilines is 2. The van der Waals surface area contributed by atoms with E-state index in [4.69, 9.17) is 43.3 Å². The smallest absolute Gasteiger partial charge is 0.255 e. The van der Waals surface area contributed by atoms with E-state index in [1.807, 2.05) is 0 Å². The summed E-state index contributed by atoms with van der Waals surface area (Å²) in [5, 5.41) is 49.3. The lowest BCUT2D eigenvalue weighted by molar-refractivity contribution is 0.101. The van der Waals surface area contributed by atoms with Crippen LogP contribution in [0, 0.1) is 74.1 Å². The Labute approximate surface area is 340 Å². The second-order valence-electron chi connectivity index (χ2n) is 12.5. The number of nitrogens with one attached hydrogen (secondary N) is 2. The highest BCUT2D eigenvalue weighted by atomic mass is 16.5. The predicted molar refractivity (Wildman–Crippen MR) is 227 cm³/mol. The number of ether oxygens (including phenoxy) is 1. The van der Waals surface area contributed by atoms with Crippen LogP contribution in [0.1, 0.15) is 54.1 Å². The number of carbonyl (C=O) groups excluding carboxylic acids is 2. The number of hydrogen-bond donors (Lipinski definition) is 6. The van der Waals surface area contributed by atoms with E-state index in [2.05, 4.69) is 46.2 Å². The second-order valence-corrected chi connectivity index (χ2v) is 12.5. The van der Waals surface area contributed by atoms with Gasteiger partial charge in [0.1, 0.15) is 34.5 Å². The van der Waals surface area contributed by atoms with Crippen LogP contribution in [-0.2, 0) is 0 Å². The number of aromatic hydroxyl groups is 4. The summed E-state index contributed by atoms with van der Waals surface area (Å²) in [6, 6.07) is 23.4. The van der Waals surface area contributed by atoms with Crippen LogP contribution in [0.3, 0.4) is 0 Å². The second kappa shape index (κ2) is 16.6. The van der Waals surface area contributed by atoms with E-state index in [1.54, 1.807) is 24.3 Å². The molecular weight excluding hydrogens is 741 g/mol. The van der Waals surface area contributed by atoms with Gasteiger partial charge in [0.25, 0.3) is 11.8 Å². The molecule has 9 nitrogen and oxygen atoms in total. The summed E-state index contributed by atoms with van der Waals surface area (Å²) >= 11 is 0. The summed E-state index contributed by atoms with van der Waals surface area (Å²) in [4.78, 5) is 27.4. The van der Waals surface area contributed by atoms with E-state index in [0.29, 0.717) is 11.1 Å². The Hall–Kier alpha value is -9.38. The minimum Gasteiger partial charge on any atom is -0.508 e. The van der Waals surface area contributed by atoms with Gasteiger partial charge in [0.2, 0.25) is 0 Å². The van der Waals surface area contributed by atoms with Crippen molar-refractivity contribution in [2.45, 2.75) is 0 Å². The highest BCUT2D eigenvalue weighted by Gasteiger charge is 2.26. The summed E-state index contributed by atoms with van der Waals surface area (Å²) < 4.78 is 6.54. The van der Waals surface area contributed by atoms with E-state index in [1.165, 1.54) is 72.8 Å². The summed E-state index contributed by atoms with van der Waals surface area (Å²) in [6.07, 6.45) is 34.4. The quantitative estimate of drug-likeness (QED) is 0.0860. The zero-order chi connectivity index (χ0) is 42.4. The molecule has 0 bridgehead atoms. The molecule has 59 heavy (non-hydrogen) atoms. The minimum atomic E-state index is -0.641. The van der Waals surface area contributed by atoms with Crippen LogP contribution in [0.5, 0.6) is 34.5 Å². The Balaban J connectivity index is 1.55. The van der Waals surface area contributed by atoms with Crippen molar-refractivity contribution < 1.29 is 34.8 Å². The van der Waals surface area contributed by atoms with E-state index in [9.17, 15) is 30.0 Å². The maximum Gasteiger partial charge on any atom is 0.255 e. The molecule has 6 aromatic rings. The van der Waals surface area contributed by atoms with Crippen LogP contribution < -0.4 is 15.4 Å². The van der Waals surface area contributed by atoms with Crippen LogP contribution in [0.2, 0.25) is 0 Å². The molecule has 0 heterocycles. The maximum atomic E-state index is 13.7. The molecule has 0 saturated carbocycles. The van der Waals surface area contributed by atoms with Gasteiger partial charge < -0.3 is 35.8 Å². The molecule has 2 amide bonds. The number of terminal acetylenes is 6. The van der Waals surface area contributed by atoms with Crippen molar-refractivity contribution in [2.24, 2.45) is 0 Å². The molecule has 0 radical (unpaired) electrons. The van der Waals surface area contributed by atoms with Gasteiger partial charge in [-0.3, -0.25) is 9.59 Å². The van der Waals surface area contributed by atoms with Gasteiger partial charge in [0.15, 0.2) is 0 Å². The van der Waals surface area contributed by atoms with Crippen molar-refractivity contribution in [1.29, 1.82) is 0 Å². The molecule has 0 aliphatic rings. The van der Waals surface area contributed by atoms with E-state index >= 15 is 0 Å². The molecule has 0 aliphatic carbocycles. The number of phenolic OH excluding ortho intramolecular Hbond substituents is 4. The van der Waals surface area contributed by atoms with E-state index in [0.717, 1.165) is 0 Å². The van der Waals surface area contributed by atoms with Crippen LogP contribution in [-0.4, -0.2) is 32.2 Å². The van der Waals surface area contributed by atoms with Crippen molar-refractivity contribution in [3.63, 3.8) is 0 Å². The first-order valence-corrected chi connectivity index (χ1v) is 17.2. The lowest BCUT2D eigenvalue weighted by Crippen LogP contribution is -2.14. The standard InChI is InChI=1S/C50H28N2O7/c1-7-29-15-13-17-33(23-29)49(57)51-45-37(11-5)47(55)31(9-3)25-41(45)39-27-35(53)19-21-43(39)59-44-22-20-36(54)28-40(44)42-26-32(10-4)48(56)38(12-6)46(42)52-50(58)34-18-14-16-30(8-2)24-34/h1-6,13-28,53-56H,(H,51,57)(H,52,58). The van der Waals surface area contributed by atoms with E-state index < -0.39 is 23.3 Å². The lowest BCUT2D eigenvalue weighted by Gasteiger charge is -2.21. The molecule has 0 atom stereocenters. The fourth-order valence-corrected chi connectivity index (χ4v) is 6.16. The average Bonchev–Trinajstić information content (AvgIpc) is 3.25. The van der Waals surface area contributed by atoms with Crippen molar-refractivity contribution in [1.82, 2.24) is 0 Å². The van der Waals surface area contributed by atoms with Gasteiger partial charge in [0, 0.05) is 44.5 Å². The predicted octanol–water partition coefficient (Wildman–Crippen LogP) is 8.03. The highest BCUT2D eigenvalue weighted by Crippen LogP contribution is 2.48. The van der Waals surface area contributed by atoms with Gasteiger partial charge in [-0.25, -0.2) is 0 Å². The Bertz CT molecular complexity index is 2820. The lowest BCUT2D eigenvalue weighted by atomic mass is 9.94. The summed E-state index contributed by atoms with van der Waals surface area (Å²) in [6.45, 7) is 0. The first kappa shape index (κ1) is 39.3. The first-order valence-electron chi connectivity index (χ1n) is 17.2. The molecule has 6 rings (SSSR count). The molecule has 6 aromatic carbocycles. The zero-order valence-electron chi connectivity index (χ0n) is 30.7. The highest BCUT2D eigenvalue weighted by molar-refractivity contribution is 6.09. The van der Waals surface area contributed by atoms with Gasteiger partial charge in [-0.05, 0) is 84.9 Å². The van der Waals surface area contributed by atoms with Gasteiger partial charge in [-0.15, -0.1) is 38.5 Å². The van der Waals surface area contributed by atoms with E-state index in [-0.39, 0.29) is 90.0 Å². The Kier molecular flexibility index (Phi) is 11.0. The van der Waals surface area contributed by atoms with Crippen molar-refractivity contribution >= 4 is 23.2 Å². The first-order chi connectivity index (χ1) is 28.4. The van der Waals surface area contributed by atoms with Crippen molar-refractivity contribution in [3.8, 4) is 131 Å². The molecule has 9 heteroatoms. The third-order valence-corrected chi connectivity index (χ3v) is 8.99. The third-order valence-electron chi connectivity index (χ3n) is 8.99. The van der Waals surface area contributed by atoms with Gasteiger partial charge >= 0.3 is 0 Å². The molecule has 0 saturated heterocycles. The molecule has 0 fully saturated rings. The van der Waals surface area contributed by atoms with Crippen LogP contribution in [0.25, 0.3) is 22.3 Å². The largest absolute Gasteiger partial charge is 0.508 e. The fourth-order valence-electron chi connectivity index (χ4n) is 6.16. The Morgan fingerprint density at radius 3 is 1.24 bits per heavy atom. The van der Waals surface area contributed by atoms with Crippen LogP contribution in [0.4, 0.5) is 11.4 Å². The number of phenols is 4. The number of benzene rings is 6. The average molecular weight is 769 g/mol. The van der Waals surface area contributed by atoms with Crippen molar-refractivity contribution in [2.75, 3.05) is 10.6 Å². The van der Waals surface area contributed by atoms with Crippen LogP contribution >= 0.6 is 0 Å². The molecule has 0 aliphatic heterocycles. The number of carbonyl (C=O) groups is 2. The van der Waals surface area contributed by atoms with Gasteiger partial charge in [-0.1, -0.05) is 47.7 Å². The summed E-state index contributed by atoms with van der Waals surface area (Å²) in [7, 11) is 0. The number of hydrogen-bond acceptors (Lipinski definition) is 7. The summed E-state index contributed by atoms with van der Waals surface area (Å²) in [5.41, 5.74) is 1.21. The normalized spacial score (nSPS) is 10.0. The van der Waals surface area contributed by atoms with Crippen LogP contribution in [0.15, 0.2) is 97.1 Å². The SMILES string of the molecule is C#Cc1cccc(C(=O)Nc2c(-c3cc(O)ccc3Oc3ccc(O)cc3-c3cc(C#C)c(O)c(C#C)c3NC(=O)c3cccc(C#C)c3)cc(C#C)c(O)c2C#C)c1. The summed E-state index contributed by atoms with van der Waals surface area (Å²) in [5.74, 6) is 11.9. The molecular formula is C50H28N2O7. The Morgan fingerprint density at radius 2 is 0.881 bits per heavy atom.